The SMILES string of the molecule is NC(=S)CCN(CC1Cc2ccccc21)C1CC1. The minimum atomic E-state index is 0.648. The first-order valence-electron chi connectivity index (χ1n) is 6.84. The Labute approximate surface area is 114 Å². The van der Waals surface area contributed by atoms with E-state index in [0.29, 0.717) is 4.99 Å². The largest absolute Gasteiger partial charge is 0.393 e. The second kappa shape index (κ2) is 4.98. The van der Waals surface area contributed by atoms with Crippen LogP contribution in [-0.2, 0) is 6.42 Å². The quantitative estimate of drug-likeness (QED) is 0.797. The third-order valence-electron chi connectivity index (χ3n) is 4.12. The second-order valence-electron chi connectivity index (χ2n) is 5.54. The molecule has 2 aliphatic carbocycles. The van der Waals surface area contributed by atoms with Gasteiger partial charge in [0.1, 0.15) is 0 Å². The van der Waals surface area contributed by atoms with Crippen LogP contribution in [0.1, 0.15) is 36.3 Å². The first-order valence-corrected chi connectivity index (χ1v) is 7.25. The first kappa shape index (κ1) is 12.1. The summed E-state index contributed by atoms with van der Waals surface area (Å²) in [6.07, 6.45) is 4.81. The summed E-state index contributed by atoms with van der Waals surface area (Å²) < 4.78 is 0. The van der Waals surface area contributed by atoms with Crippen LogP contribution in [0, 0.1) is 0 Å². The van der Waals surface area contributed by atoms with E-state index in [1.807, 2.05) is 0 Å². The Kier molecular flexibility index (Phi) is 3.35. The Morgan fingerprint density at radius 1 is 1.33 bits per heavy atom. The Morgan fingerprint density at radius 3 is 2.78 bits per heavy atom. The van der Waals surface area contributed by atoms with Crippen LogP contribution < -0.4 is 5.73 Å². The van der Waals surface area contributed by atoms with Gasteiger partial charge in [-0.3, -0.25) is 4.90 Å². The smallest absolute Gasteiger partial charge is 0.0740 e. The summed E-state index contributed by atoms with van der Waals surface area (Å²) >= 11 is 4.99. The van der Waals surface area contributed by atoms with Crippen molar-refractivity contribution in [2.75, 3.05) is 13.1 Å². The lowest BCUT2D eigenvalue weighted by Crippen LogP contribution is -2.36. The molecular weight excluding hydrogens is 240 g/mol. The van der Waals surface area contributed by atoms with Gasteiger partial charge in [0.25, 0.3) is 0 Å². The lowest BCUT2D eigenvalue weighted by molar-refractivity contribution is 0.244. The molecule has 0 aliphatic heterocycles. The number of hydrogen-bond donors (Lipinski definition) is 1. The van der Waals surface area contributed by atoms with E-state index in [9.17, 15) is 0 Å². The van der Waals surface area contributed by atoms with Crippen molar-refractivity contribution in [1.29, 1.82) is 0 Å². The van der Waals surface area contributed by atoms with Gasteiger partial charge in [-0.15, -0.1) is 0 Å². The molecule has 1 aromatic carbocycles. The van der Waals surface area contributed by atoms with Crippen LogP contribution in [-0.4, -0.2) is 29.0 Å². The molecule has 1 unspecified atom stereocenters. The zero-order chi connectivity index (χ0) is 12.5. The number of benzene rings is 1. The summed E-state index contributed by atoms with van der Waals surface area (Å²) in [6.45, 7) is 2.23. The molecule has 18 heavy (non-hydrogen) atoms. The third kappa shape index (κ3) is 2.57. The molecule has 0 amide bonds. The average Bonchev–Trinajstić information content (AvgIpc) is 3.13. The normalized spacial score (nSPS) is 21.5. The molecule has 2 aliphatic rings. The molecule has 0 spiro atoms. The van der Waals surface area contributed by atoms with E-state index in [2.05, 4.69) is 29.2 Å². The van der Waals surface area contributed by atoms with Crippen molar-refractivity contribution in [3.8, 4) is 0 Å². The highest BCUT2D eigenvalue weighted by Gasteiger charge is 2.33. The van der Waals surface area contributed by atoms with Crippen LogP contribution >= 0.6 is 12.2 Å². The standard InChI is InChI=1S/C15H20N2S/c16-15(18)7-8-17(13-5-6-13)10-12-9-11-3-1-2-4-14(11)12/h1-4,12-13H,5-10H2,(H2,16,18). The highest BCUT2D eigenvalue weighted by molar-refractivity contribution is 7.80. The molecule has 1 atom stereocenters. The van der Waals surface area contributed by atoms with Crippen LogP contribution in [0.25, 0.3) is 0 Å². The highest BCUT2D eigenvalue weighted by atomic mass is 32.1. The van der Waals surface area contributed by atoms with Gasteiger partial charge in [0.15, 0.2) is 0 Å². The van der Waals surface area contributed by atoms with Gasteiger partial charge in [-0.2, -0.15) is 0 Å². The summed E-state index contributed by atoms with van der Waals surface area (Å²) in [6, 6.07) is 9.62. The molecular formula is C15H20N2S. The van der Waals surface area contributed by atoms with Crippen molar-refractivity contribution < 1.29 is 0 Å². The molecule has 96 valence electrons. The number of nitrogens with zero attached hydrogens (tertiary/aromatic N) is 1. The maximum Gasteiger partial charge on any atom is 0.0740 e. The van der Waals surface area contributed by atoms with Crippen LogP contribution in [0.15, 0.2) is 24.3 Å². The zero-order valence-electron chi connectivity index (χ0n) is 10.6. The Morgan fingerprint density at radius 2 is 2.11 bits per heavy atom. The van der Waals surface area contributed by atoms with E-state index in [1.165, 1.54) is 31.4 Å². The lowest BCUT2D eigenvalue weighted by Gasteiger charge is -2.35. The first-order chi connectivity index (χ1) is 8.74. The van der Waals surface area contributed by atoms with Crippen molar-refractivity contribution in [2.45, 2.75) is 37.6 Å². The van der Waals surface area contributed by atoms with Crippen molar-refractivity contribution in [1.82, 2.24) is 4.90 Å². The van der Waals surface area contributed by atoms with Gasteiger partial charge >= 0.3 is 0 Å². The molecule has 1 fully saturated rings. The Bertz CT molecular complexity index is 454. The van der Waals surface area contributed by atoms with Crippen molar-refractivity contribution in [3.63, 3.8) is 0 Å². The fourth-order valence-electron chi connectivity index (χ4n) is 2.93. The fourth-order valence-corrected chi connectivity index (χ4v) is 3.02. The number of rotatable bonds is 6. The Balaban J connectivity index is 1.59. The molecule has 1 saturated carbocycles. The summed E-state index contributed by atoms with van der Waals surface area (Å²) in [7, 11) is 0. The van der Waals surface area contributed by atoms with Crippen LogP contribution in [0.2, 0.25) is 0 Å². The molecule has 0 radical (unpaired) electrons. The summed E-state index contributed by atoms with van der Waals surface area (Å²) in [5, 5.41) is 0. The maximum atomic E-state index is 5.62. The molecule has 3 heteroatoms. The number of hydrogen-bond acceptors (Lipinski definition) is 2. The number of nitrogens with two attached hydrogens (primary N) is 1. The van der Waals surface area contributed by atoms with Gasteiger partial charge in [0, 0.05) is 31.5 Å². The van der Waals surface area contributed by atoms with E-state index < -0.39 is 0 Å². The monoisotopic (exact) mass is 260 g/mol. The average molecular weight is 260 g/mol. The highest BCUT2D eigenvalue weighted by Crippen LogP contribution is 2.37. The van der Waals surface area contributed by atoms with Crippen LogP contribution in [0.4, 0.5) is 0 Å². The molecule has 0 bridgehead atoms. The van der Waals surface area contributed by atoms with Crippen LogP contribution in [0.5, 0.6) is 0 Å². The molecule has 0 saturated heterocycles. The zero-order valence-corrected chi connectivity index (χ0v) is 11.5. The maximum absolute atomic E-state index is 5.62. The minimum Gasteiger partial charge on any atom is -0.393 e. The van der Waals surface area contributed by atoms with Gasteiger partial charge in [-0.05, 0) is 30.4 Å². The number of thiocarbonyl (C=S) groups is 1. The van der Waals surface area contributed by atoms with Crippen molar-refractivity contribution >= 4 is 17.2 Å². The molecule has 2 N–H and O–H groups in total. The molecule has 2 nitrogen and oxygen atoms in total. The predicted octanol–water partition coefficient (Wildman–Crippen LogP) is 2.47. The van der Waals surface area contributed by atoms with Gasteiger partial charge in [0.05, 0.1) is 4.99 Å². The van der Waals surface area contributed by atoms with Gasteiger partial charge in [0.2, 0.25) is 0 Å². The summed E-state index contributed by atoms with van der Waals surface area (Å²) in [4.78, 5) is 3.24. The lowest BCUT2D eigenvalue weighted by atomic mass is 9.77. The predicted molar refractivity (Wildman–Crippen MR) is 78.9 cm³/mol. The van der Waals surface area contributed by atoms with E-state index >= 15 is 0 Å². The fraction of sp³-hybridized carbons (Fsp3) is 0.533. The molecule has 3 rings (SSSR count). The third-order valence-corrected chi connectivity index (χ3v) is 4.33. The molecule has 1 aromatic rings. The molecule has 0 aromatic heterocycles. The van der Waals surface area contributed by atoms with Crippen molar-refractivity contribution in [2.24, 2.45) is 5.73 Å². The summed E-state index contributed by atoms with van der Waals surface area (Å²) in [5.74, 6) is 0.730. The second-order valence-corrected chi connectivity index (χ2v) is 6.07. The van der Waals surface area contributed by atoms with E-state index in [0.717, 1.165) is 24.9 Å². The number of fused-ring (bicyclic) bond motifs is 1. The topological polar surface area (TPSA) is 29.3 Å². The van der Waals surface area contributed by atoms with Crippen molar-refractivity contribution in [3.05, 3.63) is 35.4 Å². The van der Waals surface area contributed by atoms with E-state index in [-0.39, 0.29) is 0 Å². The van der Waals surface area contributed by atoms with Gasteiger partial charge in [-0.1, -0.05) is 36.5 Å². The van der Waals surface area contributed by atoms with E-state index in [4.69, 9.17) is 18.0 Å². The van der Waals surface area contributed by atoms with E-state index in [1.54, 1.807) is 5.56 Å². The Hall–Kier alpha value is -0.930. The minimum absolute atomic E-state index is 0.648. The van der Waals surface area contributed by atoms with Gasteiger partial charge in [-0.25, -0.2) is 0 Å². The van der Waals surface area contributed by atoms with Crippen LogP contribution in [0.3, 0.4) is 0 Å². The van der Waals surface area contributed by atoms with Gasteiger partial charge < -0.3 is 5.73 Å². The molecule has 0 heterocycles. The summed E-state index contributed by atoms with van der Waals surface area (Å²) in [5.41, 5.74) is 8.71.